The predicted octanol–water partition coefficient (Wildman–Crippen LogP) is 0.718. The quantitative estimate of drug-likeness (QED) is 0.364. The largest absolute Gasteiger partial charge is 0.508 e. The maximum absolute atomic E-state index is 9.49. The number of phenols is 3. The molecule has 5 nitrogen and oxygen atoms in total. The highest BCUT2D eigenvalue weighted by molar-refractivity contribution is 5.50. The molecule has 0 heterocycles. The van der Waals surface area contributed by atoms with Crippen LogP contribution in [0.25, 0.3) is 0 Å². The van der Waals surface area contributed by atoms with E-state index in [1.807, 2.05) is 6.92 Å². The van der Waals surface area contributed by atoms with E-state index in [9.17, 15) is 10.2 Å². The van der Waals surface area contributed by atoms with Crippen molar-refractivity contribution in [2.45, 2.75) is 19.4 Å². The van der Waals surface area contributed by atoms with Crippen molar-refractivity contribution < 1.29 is 15.3 Å². The van der Waals surface area contributed by atoms with E-state index in [1.54, 1.807) is 0 Å². The van der Waals surface area contributed by atoms with Gasteiger partial charge in [-0.1, -0.05) is 6.92 Å². The summed E-state index contributed by atoms with van der Waals surface area (Å²) < 4.78 is 0. The van der Waals surface area contributed by atoms with Gasteiger partial charge in [0.15, 0.2) is 0 Å². The minimum absolute atomic E-state index is 0.174. The molecule has 1 unspecified atom stereocenters. The van der Waals surface area contributed by atoms with E-state index in [2.05, 4.69) is 5.43 Å². The zero-order chi connectivity index (χ0) is 10.7. The Balaban J connectivity index is 3.19. The van der Waals surface area contributed by atoms with Gasteiger partial charge in [0.05, 0.1) is 11.6 Å². The average molecular weight is 198 g/mol. The monoisotopic (exact) mass is 198 g/mol. The molecule has 0 radical (unpaired) electrons. The standard InChI is InChI=1S/C9H14N2O3/c1-2-6(11-10)9-7(13)3-5(12)4-8(9)14/h3-4,6,11-14H,2,10H2,1H3. The molecule has 0 spiro atoms. The van der Waals surface area contributed by atoms with Crippen LogP contribution >= 0.6 is 0 Å². The molecule has 6 N–H and O–H groups in total. The summed E-state index contributed by atoms with van der Waals surface area (Å²) in [6.07, 6.45) is 0.613. The summed E-state index contributed by atoms with van der Waals surface area (Å²) in [5, 5.41) is 28.1. The van der Waals surface area contributed by atoms with Crippen LogP contribution in [-0.2, 0) is 0 Å². The van der Waals surface area contributed by atoms with Crippen molar-refractivity contribution in [1.29, 1.82) is 0 Å². The lowest BCUT2D eigenvalue weighted by atomic mass is 10.0. The zero-order valence-electron chi connectivity index (χ0n) is 7.86. The van der Waals surface area contributed by atoms with E-state index >= 15 is 0 Å². The van der Waals surface area contributed by atoms with E-state index in [0.717, 1.165) is 12.1 Å². The molecule has 0 aliphatic carbocycles. The van der Waals surface area contributed by atoms with Crippen molar-refractivity contribution in [3.05, 3.63) is 17.7 Å². The van der Waals surface area contributed by atoms with Crippen LogP contribution in [0.3, 0.4) is 0 Å². The highest BCUT2D eigenvalue weighted by Crippen LogP contribution is 2.37. The molecule has 0 aliphatic rings. The third-order valence-corrected chi connectivity index (χ3v) is 2.08. The number of phenolic OH excluding ortho intramolecular Hbond substituents is 3. The second kappa shape index (κ2) is 4.17. The van der Waals surface area contributed by atoms with E-state index in [4.69, 9.17) is 10.9 Å². The Morgan fingerprint density at radius 1 is 1.29 bits per heavy atom. The Bertz CT molecular complexity index is 301. The number of nitrogens with one attached hydrogen (secondary N) is 1. The lowest BCUT2D eigenvalue weighted by Crippen LogP contribution is -2.27. The Morgan fingerprint density at radius 2 is 1.79 bits per heavy atom. The number of hydrazine groups is 1. The molecule has 0 amide bonds. The maximum Gasteiger partial charge on any atom is 0.127 e. The van der Waals surface area contributed by atoms with Crippen LogP contribution < -0.4 is 11.3 Å². The van der Waals surface area contributed by atoms with E-state index in [-0.39, 0.29) is 23.3 Å². The van der Waals surface area contributed by atoms with Gasteiger partial charge < -0.3 is 15.3 Å². The van der Waals surface area contributed by atoms with Gasteiger partial charge in [-0.3, -0.25) is 11.3 Å². The Morgan fingerprint density at radius 3 is 2.14 bits per heavy atom. The predicted molar refractivity (Wildman–Crippen MR) is 51.8 cm³/mol. The van der Waals surface area contributed by atoms with Crippen LogP contribution in [0.1, 0.15) is 24.9 Å². The fourth-order valence-electron chi connectivity index (χ4n) is 1.37. The average Bonchev–Trinajstić information content (AvgIpc) is 2.10. The van der Waals surface area contributed by atoms with E-state index < -0.39 is 0 Å². The van der Waals surface area contributed by atoms with Gasteiger partial charge in [-0.15, -0.1) is 0 Å². The molecule has 0 saturated carbocycles. The molecule has 1 rings (SSSR count). The number of hydrogen-bond donors (Lipinski definition) is 5. The molecule has 1 aromatic rings. The third kappa shape index (κ3) is 1.89. The minimum atomic E-state index is -0.337. The Labute approximate surface area is 81.8 Å². The number of benzene rings is 1. The summed E-state index contributed by atoms with van der Waals surface area (Å²) in [5.74, 6) is 4.72. The molecule has 1 atom stereocenters. The van der Waals surface area contributed by atoms with Crippen molar-refractivity contribution in [2.75, 3.05) is 0 Å². The van der Waals surface area contributed by atoms with Crippen LogP contribution in [0.2, 0.25) is 0 Å². The normalized spacial score (nSPS) is 12.7. The summed E-state index contributed by atoms with van der Waals surface area (Å²) in [6, 6.07) is 1.99. The van der Waals surface area contributed by atoms with Gasteiger partial charge in [-0.05, 0) is 6.42 Å². The molecule has 0 aromatic heterocycles. The van der Waals surface area contributed by atoms with Crippen LogP contribution in [0.5, 0.6) is 17.2 Å². The van der Waals surface area contributed by atoms with Crippen LogP contribution in [0, 0.1) is 0 Å². The molecular weight excluding hydrogens is 184 g/mol. The number of aromatic hydroxyl groups is 3. The van der Waals surface area contributed by atoms with Gasteiger partial charge in [-0.25, -0.2) is 0 Å². The molecule has 5 heteroatoms. The molecule has 0 aliphatic heterocycles. The highest BCUT2D eigenvalue weighted by atomic mass is 16.3. The van der Waals surface area contributed by atoms with Crippen molar-refractivity contribution >= 4 is 0 Å². The molecule has 78 valence electrons. The highest BCUT2D eigenvalue weighted by Gasteiger charge is 2.17. The summed E-state index contributed by atoms with van der Waals surface area (Å²) >= 11 is 0. The maximum atomic E-state index is 9.49. The van der Waals surface area contributed by atoms with Crippen molar-refractivity contribution in [3.8, 4) is 17.2 Å². The van der Waals surface area contributed by atoms with Crippen molar-refractivity contribution in [1.82, 2.24) is 5.43 Å². The van der Waals surface area contributed by atoms with Crippen molar-refractivity contribution in [2.24, 2.45) is 5.84 Å². The Hall–Kier alpha value is -1.46. The first-order valence-corrected chi connectivity index (χ1v) is 4.31. The van der Waals surface area contributed by atoms with Crippen LogP contribution in [-0.4, -0.2) is 15.3 Å². The fraction of sp³-hybridized carbons (Fsp3) is 0.333. The fourth-order valence-corrected chi connectivity index (χ4v) is 1.37. The molecule has 0 saturated heterocycles. The first-order chi connectivity index (χ1) is 6.60. The van der Waals surface area contributed by atoms with Gasteiger partial charge in [-0.2, -0.15) is 0 Å². The smallest absolute Gasteiger partial charge is 0.127 e. The number of rotatable bonds is 3. The third-order valence-electron chi connectivity index (χ3n) is 2.08. The lowest BCUT2D eigenvalue weighted by molar-refractivity contribution is 0.398. The second-order valence-corrected chi connectivity index (χ2v) is 3.03. The van der Waals surface area contributed by atoms with Gasteiger partial charge >= 0.3 is 0 Å². The summed E-state index contributed by atoms with van der Waals surface area (Å²) in [7, 11) is 0. The summed E-state index contributed by atoms with van der Waals surface area (Å²) in [4.78, 5) is 0. The summed E-state index contributed by atoms with van der Waals surface area (Å²) in [6.45, 7) is 1.86. The molecule has 14 heavy (non-hydrogen) atoms. The van der Waals surface area contributed by atoms with Crippen LogP contribution in [0.15, 0.2) is 12.1 Å². The second-order valence-electron chi connectivity index (χ2n) is 3.03. The van der Waals surface area contributed by atoms with Crippen molar-refractivity contribution in [3.63, 3.8) is 0 Å². The van der Waals surface area contributed by atoms with E-state index in [0.29, 0.717) is 12.0 Å². The molecular formula is C9H14N2O3. The van der Waals surface area contributed by atoms with Gasteiger partial charge in [0.1, 0.15) is 17.2 Å². The minimum Gasteiger partial charge on any atom is -0.508 e. The van der Waals surface area contributed by atoms with E-state index in [1.165, 1.54) is 0 Å². The number of nitrogens with two attached hydrogens (primary N) is 1. The van der Waals surface area contributed by atoms with Gasteiger partial charge in [0.2, 0.25) is 0 Å². The number of hydrogen-bond acceptors (Lipinski definition) is 5. The van der Waals surface area contributed by atoms with Crippen LogP contribution in [0.4, 0.5) is 0 Å². The Kier molecular flexibility index (Phi) is 3.16. The first-order valence-electron chi connectivity index (χ1n) is 4.31. The van der Waals surface area contributed by atoms with Gasteiger partial charge in [0.25, 0.3) is 0 Å². The summed E-state index contributed by atoms with van der Waals surface area (Å²) in [5.41, 5.74) is 2.77. The molecule has 0 bridgehead atoms. The molecule has 1 aromatic carbocycles. The SMILES string of the molecule is CCC(NN)c1c(O)cc(O)cc1O. The lowest BCUT2D eigenvalue weighted by Gasteiger charge is -2.16. The first kappa shape index (κ1) is 10.6. The topological polar surface area (TPSA) is 98.7 Å². The molecule has 0 fully saturated rings. The van der Waals surface area contributed by atoms with Gasteiger partial charge in [0, 0.05) is 12.1 Å². The zero-order valence-corrected chi connectivity index (χ0v) is 7.86.